The first-order valence-corrected chi connectivity index (χ1v) is 17.5. The summed E-state index contributed by atoms with van der Waals surface area (Å²) in [6.07, 6.45) is -9.09. The van der Waals surface area contributed by atoms with Crippen molar-refractivity contribution in [3.8, 4) is 11.1 Å². The Labute approximate surface area is 315 Å². The zero-order valence-electron chi connectivity index (χ0n) is 30.8. The fourth-order valence-corrected chi connectivity index (χ4v) is 6.02. The number of piperazine rings is 1. The third-order valence-corrected chi connectivity index (χ3v) is 8.91. The number of nitrogens with one attached hydrogen (secondary N) is 2. The molecule has 2 fully saturated rings. The quantitative estimate of drug-likeness (QED) is 0.227. The molecule has 2 aliphatic rings. The van der Waals surface area contributed by atoms with Gasteiger partial charge >= 0.3 is 18.3 Å². The molecule has 1 amide bonds. The maximum absolute atomic E-state index is 15.0. The van der Waals surface area contributed by atoms with Crippen LogP contribution in [0.5, 0.6) is 0 Å². The standard InChI is InChI=1S/C34H44FN5O.2C2HF3O2/c1-26-23-39(15-13-36-26)25-28-7-4-9-30(19-28)32-21-27(11-12-33(32)35)22-37-34(41)31-10-5-8-29(20-31)24-38-14-6-17-40(2,3)18-16-38;2*3-2(4,5)1(6)7/h4-5,7-12,19-21,26,36H,6,13-18,22-25H2,1-3H3;2*(H,6,7)/t26-;;/m0../s1. The SMILES string of the molecule is C[C@H]1CN(Cc2cccc(-c3cc(CNC(=O)c4cccc(CN5CCC[N+](C)(C)CC5)c4)ccc3F)c2)CCN1.O=C(O)C(F)(F)F.O=C([O-])C(F)(F)F. The van der Waals surface area contributed by atoms with Crippen molar-refractivity contribution in [3.05, 3.63) is 94.8 Å². The lowest BCUT2D eigenvalue weighted by Gasteiger charge is -2.31. The van der Waals surface area contributed by atoms with Gasteiger partial charge in [0, 0.05) is 75.9 Å². The summed E-state index contributed by atoms with van der Waals surface area (Å²) >= 11 is 0. The van der Waals surface area contributed by atoms with E-state index >= 15 is 0 Å². The van der Waals surface area contributed by atoms with Crippen LogP contribution in [0.15, 0.2) is 66.7 Å². The molecule has 2 saturated heterocycles. The van der Waals surface area contributed by atoms with Crippen LogP contribution in [0.3, 0.4) is 0 Å². The topological polar surface area (TPSA) is 125 Å². The van der Waals surface area contributed by atoms with Crippen LogP contribution < -0.4 is 15.7 Å². The number of carboxylic acid groups (broad SMARTS) is 2. The summed E-state index contributed by atoms with van der Waals surface area (Å²) in [6, 6.07) is 21.7. The van der Waals surface area contributed by atoms with Gasteiger partial charge in [0.2, 0.25) is 0 Å². The number of carboxylic acids is 2. The molecule has 5 rings (SSSR count). The van der Waals surface area contributed by atoms with Crippen LogP contribution in [0.1, 0.15) is 40.4 Å². The molecule has 55 heavy (non-hydrogen) atoms. The van der Waals surface area contributed by atoms with Crippen LogP contribution in [0.2, 0.25) is 0 Å². The third-order valence-electron chi connectivity index (χ3n) is 8.91. The predicted molar refractivity (Wildman–Crippen MR) is 189 cm³/mol. The number of likely N-dealkylation sites (N-methyl/N-ethyl adjacent to an activating group) is 1. The number of carbonyl (C=O) groups excluding carboxylic acids is 2. The molecular formula is C38H46F7N5O5. The summed E-state index contributed by atoms with van der Waals surface area (Å²) in [5, 5.41) is 22.4. The van der Waals surface area contributed by atoms with Gasteiger partial charge in [-0.05, 0) is 59.5 Å². The summed E-state index contributed by atoms with van der Waals surface area (Å²) in [4.78, 5) is 35.7. The number of benzene rings is 3. The lowest BCUT2D eigenvalue weighted by Crippen LogP contribution is -2.48. The number of hydrogen-bond acceptors (Lipinski definition) is 7. The normalized spacial score (nSPS) is 17.7. The minimum absolute atomic E-state index is 0.112. The molecule has 0 aromatic heterocycles. The molecule has 0 spiro atoms. The molecule has 2 heterocycles. The number of halogens is 7. The van der Waals surface area contributed by atoms with Crippen molar-refractivity contribution < 1.29 is 59.8 Å². The maximum Gasteiger partial charge on any atom is 0.490 e. The molecule has 2 aliphatic heterocycles. The molecule has 3 N–H and O–H groups in total. The number of aliphatic carboxylic acids is 2. The van der Waals surface area contributed by atoms with E-state index in [9.17, 15) is 35.5 Å². The van der Waals surface area contributed by atoms with Gasteiger partial charge in [-0.1, -0.05) is 36.4 Å². The van der Waals surface area contributed by atoms with Gasteiger partial charge in [0.1, 0.15) is 11.8 Å². The van der Waals surface area contributed by atoms with E-state index in [0.717, 1.165) is 73.5 Å². The maximum atomic E-state index is 15.0. The Morgan fingerprint density at radius 1 is 0.855 bits per heavy atom. The molecule has 3 aromatic carbocycles. The highest BCUT2D eigenvalue weighted by molar-refractivity contribution is 5.94. The average Bonchev–Trinajstić information content (AvgIpc) is 3.27. The molecule has 0 saturated carbocycles. The summed E-state index contributed by atoms with van der Waals surface area (Å²) in [6.45, 7) is 11.7. The number of rotatable bonds is 8. The summed E-state index contributed by atoms with van der Waals surface area (Å²) in [5.41, 5.74) is 5.29. The summed E-state index contributed by atoms with van der Waals surface area (Å²) in [7, 11) is 4.59. The summed E-state index contributed by atoms with van der Waals surface area (Å²) < 4.78 is 79.3. The molecule has 0 radical (unpaired) electrons. The third kappa shape index (κ3) is 15.6. The van der Waals surface area contributed by atoms with E-state index in [1.165, 1.54) is 24.6 Å². The van der Waals surface area contributed by atoms with Gasteiger partial charge in [-0.2, -0.15) is 26.3 Å². The highest BCUT2D eigenvalue weighted by Gasteiger charge is 2.38. The molecule has 302 valence electrons. The van der Waals surface area contributed by atoms with E-state index in [2.05, 4.69) is 59.7 Å². The molecule has 0 aliphatic carbocycles. The van der Waals surface area contributed by atoms with E-state index in [1.54, 1.807) is 6.07 Å². The van der Waals surface area contributed by atoms with E-state index in [4.69, 9.17) is 19.8 Å². The van der Waals surface area contributed by atoms with E-state index in [0.29, 0.717) is 23.7 Å². The van der Waals surface area contributed by atoms with E-state index < -0.39 is 24.3 Å². The van der Waals surface area contributed by atoms with E-state index in [-0.39, 0.29) is 11.7 Å². The van der Waals surface area contributed by atoms with Crippen LogP contribution in [-0.4, -0.2) is 116 Å². The first-order valence-electron chi connectivity index (χ1n) is 17.5. The van der Waals surface area contributed by atoms with Crippen molar-refractivity contribution in [1.29, 1.82) is 0 Å². The second kappa shape index (κ2) is 19.8. The molecule has 0 bridgehead atoms. The van der Waals surface area contributed by atoms with Crippen molar-refractivity contribution in [2.75, 3.05) is 59.9 Å². The van der Waals surface area contributed by atoms with Crippen LogP contribution >= 0.6 is 0 Å². The van der Waals surface area contributed by atoms with Crippen molar-refractivity contribution in [2.24, 2.45) is 0 Å². The van der Waals surface area contributed by atoms with Gasteiger partial charge in [-0.3, -0.25) is 14.6 Å². The van der Waals surface area contributed by atoms with Crippen molar-refractivity contribution >= 4 is 17.8 Å². The van der Waals surface area contributed by atoms with E-state index in [1.807, 2.05) is 36.4 Å². The van der Waals surface area contributed by atoms with Crippen molar-refractivity contribution in [2.45, 2.75) is 51.4 Å². The molecule has 0 unspecified atom stereocenters. The summed E-state index contributed by atoms with van der Waals surface area (Å²) in [5.74, 6) is -6.13. The molecule has 10 nitrogen and oxygen atoms in total. The van der Waals surface area contributed by atoms with Crippen LogP contribution in [0, 0.1) is 5.82 Å². The number of hydrogen-bond donors (Lipinski definition) is 3. The Balaban J connectivity index is 0.000000494. The predicted octanol–water partition coefficient (Wildman–Crippen LogP) is 4.43. The zero-order valence-corrected chi connectivity index (χ0v) is 30.8. The van der Waals surface area contributed by atoms with Crippen LogP contribution in [-0.2, 0) is 29.2 Å². The average molecular weight is 786 g/mol. The molecule has 17 heteroatoms. The number of carbonyl (C=O) groups is 3. The Bertz CT molecular complexity index is 1730. The zero-order chi connectivity index (χ0) is 41.0. The lowest BCUT2D eigenvalue weighted by atomic mass is 10.00. The molecule has 1 atom stereocenters. The Kier molecular flexibility index (Phi) is 16.2. The van der Waals surface area contributed by atoms with Gasteiger partial charge in [0.15, 0.2) is 0 Å². The Morgan fingerprint density at radius 2 is 1.47 bits per heavy atom. The lowest BCUT2D eigenvalue weighted by molar-refractivity contribution is -0.888. The number of alkyl halides is 6. The van der Waals surface area contributed by atoms with Crippen molar-refractivity contribution in [3.63, 3.8) is 0 Å². The fourth-order valence-electron chi connectivity index (χ4n) is 6.02. The highest BCUT2D eigenvalue weighted by atomic mass is 19.4. The van der Waals surface area contributed by atoms with Gasteiger partial charge in [-0.25, -0.2) is 9.18 Å². The van der Waals surface area contributed by atoms with Gasteiger partial charge in [-0.15, -0.1) is 0 Å². The highest BCUT2D eigenvalue weighted by Crippen LogP contribution is 2.26. The monoisotopic (exact) mass is 785 g/mol. The minimum atomic E-state index is -5.19. The van der Waals surface area contributed by atoms with Gasteiger partial charge in [0.25, 0.3) is 5.91 Å². The second-order valence-electron chi connectivity index (χ2n) is 14.1. The second-order valence-corrected chi connectivity index (χ2v) is 14.1. The molecular weight excluding hydrogens is 739 g/mol. The Morgan fingerprint density at radius 3 is 2.09 bits per heavy atom. The van der Waals surface area contributed by atoms with Gasteiger partial charge < -0.3 is 30.1 Å². The Hall–Kier alpha value is -4.58. The number of amides is 1. The smallest absolute Gasteiger partial charge is 0.490 e. The largest absolute Gasteiger partial charge is 0.542 e. The fraction of sp³-hybridized carbons (Fsp3) is 0.447. The number of quaternary nitrogens is 1. The van der Waals surface area contributed by atoms with Crippen LogP contribution in [0.4, 0.5) is 30.7 Å². The van der Waals surface area contributed by atoms with Crippen molar-refractivity contribution in [1.82, 2.24) is 20.4 Å². The number of nitrogens with zero attached hydrogens (tertiary/aromatic N) is 3. The first kappa shape index (κ1) is 44.8. The first-order chi connectivity index (χ1) is 25.6. The van der Waals surface area contributed by atoms with Crippen LogP contribution in [0.25, 0.3) is 11.1 Å². The molecule has 3 aromatic rings. The van der Waals surface area contributed by atoms with Gasteiger partial charge in [0.05, 0.1) is 27.2 Å². The minimum Gasteiger partial charge on any atom is -0.542 e.